The van der Waals surface area contributed by atoms with Gasteiger partial charge >= 0.3 is 0 Å². The quantitative estimate of drug-likeness (QED) is 0.918. The fourth-order valence-corrected chi connectivity index (χ4v) is 2.10. The second-order valence-corrected chi connectivity index (χ2v) is 4.75. The highest BCUT2D eigenvalue weighted by Gasteiger charge is 2.05. The van der Waals surface area contributed by atoms with Gasteiger partial charge in [0, 0.05) is 28.3 Å². The minimum absolute atomic E-state index is 0.233. The Balaban J connectivity index is 2.13. The molecule has 0 radical (unpaired) electrons. The van der Waals surface area contributed by atoms with Crippen LogP contribution in [0.15, 0.2) is 40.9 Å². The van der Waals surface area contributed by atoms with Crippen molar-refractivity contribution < 1.29 is 8.78 Å². The number of hydrogen-bond acceptors (Lipinski definition) is 2. The number of benzene rings is 2. The third kappa shape index (κ3) is 3.30. The van der Waals surface area contributed by atoms with Crippen molar-refractivity contribution in [3.63, 3.8) is 0 Å². The molecule has 0 aromatic heterocycles. The Kier molecular flexibility index (Phi) is 4.13. The Morgan fingerprint density at radius 2 is 1.95 bits per heavy atom. The summed E-state index contributed by atoms with van der Waals surface area (Å²) >= 11 is 3.32. The Labute approximate surface area is 117 Å². The zero-order valence-electron chi connectivity index (χ0n) is 9.75. The molecule has 0 spiro atoms. The van der Waals surface area contributed by atoms with E-state index < -0.39 is 11.6 Å². The van der Waals surface area contributed by atoms with E-state index in [4.69, 9.17) is 5.26 Å². The maximum atomic E-state index is 13.4. The number of hydrogen-bond donors (Lipinski definition) is 1. The number of nitrogens with one attached hydrogen (secondary N) is 1. The molecule has 0 aliphatic heterocycles. The summed E-state index contributed by atoms with van der Waals surface area (Å²) in [6.07, 6.45) is 0. The van der Waals surface area contributed by atoms with Gasteiger partial charge in [-0.3, -0.25) is 0 Å². The van der Waals surface area contributed by atoms with Crippen molar-refractivity contribution in [3.8, 4) is 6.07 Å². The molecule has 2 nitrogen and oxygen atoms in total. The van der Waals surface area contributed by atoms with Crippen LogP contribution in [0.4, 0.5) is 14.5 Å². The van der Waals surface area contributed by atoms with Gasteiger partial charge in [0.1, 0.15) is 11.6 Å². The molecule has 2 aromatic carbocycles. The van der Waals surface area contributed by atoms with E-state index in [0.717, 1.165) is 11.8 Å². The molecule has 5 heteroatoms. The highest BCUT2D eigenvalue weighted by molar-refractivity contribution is 9.10. The molecule has 1 N–H and O–H groups in total. The van der Waals surface area contributed by atoms with Gasteiger partial charge in [-0.1, -0.05) is 6.07 Å². The summed E-state index contributed by atoms with van der Waals surface area (Å²) in [6, 6.07) is 10.5. The summed E-state index contributed by atoms with van der Waals surface area (Å²) in [4.78, 5) is 0. The summed E-state index contributed by atoms with van der Waals surface area (Å²) < 4.78 is 26.9. The molecule has 2 aromatic rings. The Morgan fingerprint density at radius 1 is 1.16 bits per heavy atom. The van der Waals surface area contributed by atoms with Crippen LogP contribution in [0.1, 0.15) is 11.1 Å². The molecule has 0 bridgehead atoms. The maximum Gasteiger partial charge on any atom is 0.131 e. The molecule has 0 fully saturated rings. The summed E-state index contributed by atoms with van der Waals surface area (Å²) in [6.45, 7) is 0.233. The van der Waals surface area contributed by atoms with Gasteiger partial charge in [0.05, 0.1) is 11.6 Å². The highest BCUT2D eigenvalue weighted by atomic mass is 79.9. The fraction of sp³-hybridized carbons (Fsp3) is 0.0714. The van der Waals surface area contributed by atoms with Gasteiger partial charge in [-0.25, -0.2) is 8.78 Å². The van der Waals surface area contributed by atoms with Crippen LogP contribution in [0, 0.1) is 23.0 Å². The predicted octanol–water partition coefficient (Wildman–Crippen LogP) is 4.21. The van der Waals surface area contributed by atoms with Crippen molar-refractivity contribution in [2.24, 2.45) is 0 Å². The van der Waals surface area contributed by atoms with Gasteiger partial charge in [-0.05, 0) is 40.2 Å². The molecule has 0 amide bonds. The van der Waals surface area contributed by atoms with Crippen molar-refractivity contribution in [2.45, 2.75) is 6.54 Å². The summed E-state index contributed by atoms with van der Waals surface area (Å²) in [5, 5.41) is 11.8. The molecule has 0 atom stereocenters. The lowest BCUT2D eigenvalue weighted by Gasteiger charge is -2.09. The van der Waals surface area contributed by atoms with Crippen molar-refractivity contribution in [3.05, 3.63) is 63.6 Å². The molecule has 0 aliphatic rings. The topological polar surface area (TPSA) is 35.8 Å². The first-order chi connectivity index (χ1) is 9.10. The van der Waals surface area contributed by atoms with E-state index in [-0.39, 0.29) is 6.54 Å². The average molecular weight is 323 g/mol. The lowest BCUT2D eigenvalue weighted by atomic mass is 10.2. The molecule has 0 saturated carbocycles. The van der Waals surface area contributed by atoms with Crippen LogP contribution in [0.5, 0.6) is 0 Å². The first kappa shape index (κ1) is 13.5. The number of nitriles is 1. The van der Waals surface area contributed by atoms with Crippen LogP contribution in [0.25, 0.3) is 0 Å². The van der Waals surface area contributed by atoms with Crippen LogP contribution in [-0.2, 0) is 6.54 Å². The van der Waals surface area contributed by atoms with E-state index in [1.54, 1.807) is 18.2 Å². The second-order valence-electron chi connectivity index (χ2n) is 3.90. The second kappa shape index (κ2) is 5.81. The average Bonchev–Trinajstić information content (AvgIpc) is 2.39. The first-order valence-corrected chi connectivity index (χ1v) is 6.27. The number of anilines is 1. The Hall–Kier alpha value is -1.93. The van der Waals surface area contributed by atoms with Crippen LogP contribution in [0.3, 0.4) is 0 Å². The van der Waals surface area contributed by atoms with Crippen molar-refractivity contribution in [2.75, 3.05) is 5.32 Å². The smallest absolute Gasteiger partial charge is 0.131 e. The third-order valence-corrected chi connectivity index (χ3v) is 3.24. The number of rotatable bonds is 3. The van der Waals surface area contributed by atoms with Gasteiger partial charge in [-0.15, -0.1) is 0 Å². The number of nitrogens with zero attached hydrogens (tertiary/aromatic N) is 1. The van der Waals surface area contributed by atoms with E-state index >= 15 is 0 Å². The van der Waals surface area contributed by atoms with Gasteiger partial charge in [-0.2, -0.15) is 5.26 Å². The van der Waals surface area contributed by atoms with Gasteiger partial charge in [0.25, 0.3) is 0 Å². The van der Waals surface area contributed by atoms with E-state index in [0.29, 0.717) is 15.6 Å². The molecule has 0 aliphatic carbocycles. The monoisotopic (exact) mass is 322 g/mol. The van der Waals surface area contributed by atoms with Crippen LogP contribution in [0.2, 0.25) is 0 Å². The first-order valence-electron chi connectivity index (χ1n) is 5.47. The SMILES string of the molecule is N#Cc1ccc(NCc2ccc(F)cc2F)c(Br)c1. The third-order valence-electron chi connectivity index (χ3n) is 2.58. The van der Waals surface area contributed by atoms with E-state index in [9.17, 15) is 8.78 Å². The molecule has 2 rings (SSSR count). The van der Waals surface area contributed by atoms with E-state index in [1.165, 1.54) is 12.1 Å². The minimum Gasteiger partial charge on any atom is -0.380 e. The van der Waals surface area contributed by atoms with Crippen LogP contribution in [-0.4, -0.2) is 0 Å². The van der Waals surface area contributed by atoms with E-state index in [2.05, 4.69) is 21.2 Å². The molecule has 96 valence electrons. The van der Waals surface area contributed by atoms with Crippen molar-refractivity contribution in [1.82, 2.24) is 0 Å². The fourth-order valence-electron chi connectivity index (χ4n) is 1.58. The molecule has 0 heterocycles. The lowest BCUT2D eigenvalue weighted by molar-refractivity contribution is 0.574. The van der Waals surface area contributed by atoms with Gasteiger partial charge < -0.3 is 5.32 Å². The normalized spacial score (nSPS) is 10.0. The van der Waals surface area contributed by atoms with E-state index in [1.807, 2.05) is 6.07 Å². The van der Waals surface area contributed by atoms with Crippen LogP contribution < -0.4 is 5.32 Å². The van der Waals surface area contributed by atoms with Crippen molar-refractivity contribution in [1.29, 1.82) is 5.26 Å². The molecular weight excluding hydrogens is 314 g/mol. The summed E-state index contributed by atoms with van der Waals surface area (Å²) in [5.41, 5.74) is 1.64. The lowest BCUT2D eigenvalue weighted by Crippen LogP contribution is -2.02. The Bertz CT molecular complexity index is 650. The predicted molar refractivity (Wildman–Crippen MR) is 72.5 cm³/mol. The van der Waals surface area contributed by atoms with Gasteiger partial charge in [0.15, 0.2) is 0 Å². The zero-order valence-corrected chi connectivity index (χ0v) is 11.3. The summed E-state index contributed by atoms with van der Waals surface area (Å²) in [7, 11) is 0. The van der Waals surface area contributed by atoms with Crippen molar-refractivity contribution >= 4 is 21.6 Å². The number of halogens is 3. The maximum absolute atomic E-state index is 13.4. The summed E-state index contributed by atoms with van der Waals surface area (Å²) in [5.74, 6) is -1.18. The van der Waals surface area contributed by atoms with Crippen LogP contribution >= 0.6 is 15.9 Å². The Morgan fingerprint density at radius 3 is 2.58 bits per heavy atom. The highest BCUT2D eigenvalue weighted by Crippen LogP contribution is 2.24. The standard InChI is InChI=1S/C14H9BrF2N2/c15-12-5-9(7-18)1-4-14(12)19-8-10-2-3-11(16)6-13(10)17/h1-6,19H,8H2. The largest absolute Gasteiger partial charge is 0.380 e. The zero-order chi connectivity index (χ0) is 13.8. The minimum atomic E-state index is -0.596. The molecule has 0 saturated heterocycles. The molecule has 19 heavy (non-hydrogen) atoms. The molecular formula is C14H9BrF2N2. The molecule has 0 unspecified atom stereocenters. The van der Waals surface area contributed by atoms with Gasteiger partial charge in [0.2, 0.25) is 0 Å².